The lowest BCUT2D eigenvalue weighted by Gasteiger charge is -2.39. The van der Waals surface area contributed by atoms with Gasteiger partial charge < -0.3 is 14.4 Å². The Morgan fingerprint density at radius 3 is 3.00 bits per heavy atom. The SMILES string of the molecule is O=C(N1CCO[C@H]2[C@@H](Oc3ccccn3)CC[C@@H]21)C1(F)CC1. The van der Waals surface area contributed by atoms with Crippen molar-refractivity contribution in [2.45, 2.75) is 49.6 Å². The van der Waals surface area contributed by atoms with Crippen molar-refractivity contribution in [3.63, 3.8) is 0 Å². The molecule has 1 aromatic rings. The van der Waals surface area contributed by atoms with Crippen molar-refractivity contribution in [3.05, 3.63) is 24.4 Å². The van der Waals surface area contributed by atoms with Crippen LogP contribution in [0.3, 0.4) is 0 Å². The molecule has 5 nitrogen and oxygen atoms in total. The largest absolute Gasteiger partial charge is 0.471 e. The third-order valence-corrected chi connectivity index (χ3v) is 4.78. The first kappa shape index (κ1) is 13.9. The fourth-order valence-electron chi connectivity index (χ4n) is 3.45. The van der Waals surface area contributed by atoms with Crippen LogP contribution in [0.2, 0.25) is 0 Å². The normalized spacial score (nSPS) is 32.4. The van der Waals surface area contributed by atoms with Gasteiger partial charge in [-0.15, -0.1) is 0 Å². The average Bonchev–Trinajstić information content (AvgIpc) is 3.18. The molecule has 0 bridgehead atoms. The van der Waals surface area contributed by atoms with E-state index in [1.54, 1.807) is 17.2 Å². The monoisotopic (exact) mass is 306 g/mol. The van der Waals surface area contributed by atoms with Gasteiger partial charge in [0, 0.05) is 18.8 Å². The Bertz CT molecular complexity index is 564. The molecule has 0 radical (unpaired) electrons. The number of rotatable bonds is 3. The van der Waals surface area contributed by atoms with E-state index in [9.17, 15) is 9.18 Å². The van der Waals surface area contributed by atoms with E-state index in [-0.39, 0.29) is 24.2 Å². The Hall–Kier alpha value is -1.69. The summed E-state index contributed by atoms with van der Waals surface area (Å²) in [7, 11) is 0. The molecule has 1 amide bonds. The van der Waals surface area contributed by atoms with Crippen molar-refractivity contribution >= 4 is 5.91 Å². The molecule has 2 aliphatic carbocycles. The van der Waals surface area contributed by atoms with Gasteiger partial charge in [-0.05, 0) is 31.7 Å². The summed E-state index contributed by atoms with van der Waals surface area (Å²) in [5, 5.41) is 0. The van der Waals surface area contributed by atoms with E-state index < -0.39 is 5.67 Å². The maximum atomic E-state index is 14.1. The van der Waals surface area contributed by atoms with Crippen LogP contribution in [0, 0.1) is 0 Å². The van der Waals surface area contributed by atoms with Crippen LogP contribution in [0.1, 0.15) is 25.7 Å². The van der Waals surface area contributed by atoms with E-state index in [1.807, 2.05) is 12.1 Å². The predicted octanol–water partition coefficient (Wildman–Crippen LogP) is 1.72. The molecule has 118 valence electrons. The fourth-order valence-corrected chi connectivity index (χ4v) is 3.45. The highest BCUT2D eigenvalue weighted by molar-refractivity contribution is 5.88. The second kappa shape index (κ2) is 5.19. The van der Waals surface area contributed by atoms with Gasteiger partial charge >= 0.3 is 0 Å². The first-order valence-corrected chi connectivity index (χ1v) is 7.87. The predicted molar refractivity (Wildman–Crippen MR) is 76.2 cm³/mol. The van der Waals surface area contributed by atoms with Gasteiger partial charge in [-0.1, -0.05) is 6.07 Å². The summed E-state index contributed by atoms with van der Waals surface area (Å²) in [6.07, 6.45) is 3.63. The molecule has 0 spiro atoms. The molecule has 22 heavy (non-hydrogen) atoms. The molecule has 1 aliphatic heterocycles. The van der Waals surface area contributed by atoms with Crippen LogP contribution in [0.4, 0.5) is 4.39 Å². The molecule has 6 heteroatoms. The minimum atomic E-state index is -1.61. The van der Waals surface area contributed by atoms with Crippen molar-refractivity contribution in [2.75, 3.05) is 13.2 Å². The van der Waals surface area contributed by atoms with Crippen LogP contribution >= 0.6 is 0 Å². The highest BCUT2D eigenvalue weighted by Crippen LogP contribution is 2.43. The van der Waals surface area contributed by atoms with Crippen LogP contribution in [-0.4, -0.2) is 52.9 Å². The smallest absolute Gasteiger partial charge is 0.260 e. The molecule has 4 rings (SSSR count). The number of nitrogens with zero attached hydrogens (tertiary/aromatic N) is 2. The van der Waals surface area contributed by atoms with Crippen molar-refractivity contribution in [1.82, 2.24) is 9.88 Å². The first-order chi connectivity index (χ1) is 10.7. The van der Waals surface area contributed by atoms with Crippen molar-refractivity contribution < 1.29 is 18.7 Å². The number of aromatic nitrogens is 1. The molecular weight excluding hydrogens is 287 g/mol. The second-order valence-electron chi connectivity index (χ2n) is 6.27. The molecule has 1 aromatic heterocycles. The number of morpholine rings is 1. The summed E-state index contributed by atoms with van der Waals surface area (Å²) in [6, 6.07) is 5.42. The van der Waals surface area contributed by atoms with Gasteiger partial charge in [0.1, 0.15) is 12.2 Å². The number of hydrogen-bond donors (Lipinski definition) is 0. The number of amides is 1. The third-order valence-electron chi connectivity index (χ3n) is 4.78. The number of carbonyl (C=O) groups is 1. The van der Waals surface area contributed by atoms with Gasteiger partial charge in [0.05, 0.1) is 12.6 Å². The maximum absolute atomic E-state index is 14.1. The summed E-state index contributed by atoms with van der Waals surface area (Å²) < 4.78 is 25.8. The molecule has 3 aliphatic rings. The Kier molecular flexibility index (Phi) is 3.29. The number of fused-ring (bicyclic) bond motifs is 1. The van der Waals surface area contributed by atoms with E-state index in [2.05, 4.69) is 4.98 Å². The zero-order valence-corrected chi connectivity index (χ0v) is 12.3. The highest BCUT2D eigenvalue weighted by atomic mass is 19.1. The van der Waals surface area contributed by atoms with Crippen LogP contribution in [0.25, 0.3) is 0 Å². The Morgan fingerprint density at radius 1 is 1.41 bits per heavy atom. The number of alkyl halides is 1. The van der Waals surface area contributed by atoms with Gasteiger partial charge in [-0.2, -0.15) is 0 Å². The van der Waals surface area contributed by atoms with E-state index >= 15 is 0 Å². The molecule has 2 saturated carbocycles. The Balaban J connectivity index is 1.47. The second-order valence-corrected chi connectivity index (χ2v) is 6.27. The van der Waals surface area contributed by atoms with E-state index in [1.165, 1.54) is 0 Å². The summed E-state index contributed by atoms with van der Waals surface area (Å²) >= 11 is 0. The summed E-state index contributed by atoms with van der Waals surface area (Å²) in [5.41, 5.74) is -1.61. The van der Waals surface area contributed by atoms with Crippen LogP contribution in [-0.2, 0) is 9.53 Å². The van der Waals surface area contributed by atoms with Crippen molar-refractivity contribution in [3.8, 4) is 5.88 Å². The molecule has 3 fully saturated rings. The zero-order chi connectivity index (χ0) is 15.2. The minimum Gasteiger partial charge on any atom is -0.471 e. The zero-order valence-electron chi connectivity index (χ0n) is 12.3. The van der Waals surface area contributed by atoms with Crippen LogP contribution < -0.4 is 4.74 Å². The highest BCUT2D eigenvalue weighted by Gasteiger charge is 2.56. The lowest BCUT2D eigenvalue weighted by molar-refractivity contribution is -0.154. The summed E-state index contributed by atoms with van der Waals surface area (Å²) in [6.45, 7) is 0.910. The van der Waals surface area contributed by atoms with Crippen LogP contribution in [0.5, 0.6) is 5.88 Å². The standard InChI is InChI=1S/C16H19FN2O3/c17-16(6-7-16)15(20)19-9-10-21-14-11(19)4-5-12(14)22-13-3-1-2-8-18-13/h1-3,8,11-12,14H,4-7,9-10H2/t11-,12-,14+/m0/s1. The Morgan fingerprint density at radius 2 is 2.27 bits per heavy atom. The van der Waals surface area contributed by atoms with E-state index in [0.29, 0.717) is 31.9 Å². The van der Waals surface area contributed by atoms with Gasteiger partial charge in [0.2, 0.25) is 5.88 Å². The van der Waals surface area contributed by atoms with E-state index in [0.717, 1.165) is 12.8 Å². The van der Waals surface area contributed by atoms with Gasteiger partial charge in [0.25, 0.3) is 5.91 Å². The van der Waals surface area contributed by atoms with Crippen molar-refractivity contribution in [1.29, 1.82) is 0 Å². The number of ether oxygens (including phenoxy) is 2. The number of pyridine rings is 1. The lowest BCUT2D eigenvalue weighted by atomic mass is 10.1. The fraction of sp³-hybridized carbons (Fsp3) is 0.625. The van der Waals surface area contributed by atoms with Gasteiger partial charge in [-0.3, -0.25) is 4.79 Å². The van der Waals surface area contributed by atoms with Gasteiger partial charge in [0.15, 0.2) is 5.67 Å². The molecule has 0 unspecified atom stereocenters. The molecular formula is C16H19FN2O3. The Labute approximate surface area is 128 Å². The lowest BCUT2D eigenvalue weighted by Crippen LogP contribution is -2.56. The number of halogens is 1. The first-order valence-electron chi connectivity index (χ1n) is 7.87. The quantitative estimate of drug-likeness (QED) is 0.853. The minimum absolute atomic E-state index is 0.0804. The number of carbonyl (C=O) groups excluding carboxylic acids is 1. The number of hydrogen-bond acceptors (Lipinski definition) is 4. The van der Waals surface area contributed by atoms with E-state index in [4.69, 9.17) is 9.47 Å². The summed E-state index contributed by atoms with van der Waals surface area (Å²) in [4.78, 5) is 18.2. The molecule has 3 atom stereocenters. The van der Waals surface area contributed by atoms with Crippen LogP contribution in [0.15, 0.2) is 24.4 Å². The van der Waals surface area contributed by atoms with Crippen molar-refractivity contribution in [2.24, 2.45) is 0 Å². The molecule has 0 aromatic carbocycles. The molecule has 2 heterocycles. The maximum Gasteiger partial charge on any atom is 0.260 e. The average molecular weight is 306 g/mol. The molecule has 0 N–H and O–H groups in total. The topological polar surface area (TPSA) is 51.7 Å². The van der Waals surface area contributed by atoms with Gasteiger partial charge in [-0.25, -0.2) is 9.37 Å². The summed E-state index contributed by atoms with van der Waals surface area (Å²) in [5.74, 6) is 0.202. The third kappa shape index (κ3) is 2.35. The molecule has 1 saturated heterocycles.